The number of carbonyl (C=O) groups excluding carboxylic acids is 1. The summed E-state index contributed by atoms with van der Waals surface area (Å²) >= 11 is 1.45. The number of nitrogens with zero attached hydrogens (tertiary/aromatic N) is 1. The average molecular weight is 319 g/mol. The standard InChI is InChI=1S/C16H21N3O2S/c1-2-21-11-6-7-12-13(10-11)22-15(18-12)19-14(20)16(17)8-4-3-5-9-16/h6-7,10H,2-5,8-9,17H2,1H3,(H,18,19,20). The van der Waals surface area contributed by atoms with Crippen LogP contribution in [0.25, 0.3) is 10.2 Å². The minimum Gasteiger partial charge on any atom is -0.494 e. The molecule has 22 heavy (non-hydrogen) atoms. The number of nitrogens with two attached hydrogens (primary N) is 1. The van der Waals surface area contributed by atoms with E-state index in [9.17, 15) is 4.79 Å². The number of thiazole rings is 1. The number of carbonyl (C=O) groups is 1. The summed E-state index contributed by atoms with van der Waals surface area (Å²) in [6.07, 6.45) is 4.69. The van der Waals surface area contributed by atoms with Gasteiger partial charge in [0, 0.05) is 0 Å². The summed E-state index contributed by atoms with van der Waals surface area (Å²) in [5.41, 5.74) is 6.37. The van der Waals surface area contributed by atoms with E-state index in [1.54, 1.807) is 0 Å². The van der Waals surface area contributed by atoms with Crippen molar-refractivity contribution in [2.45, 2.75) is 44.6 Å². The maximum atomic E-state index is 12.4. The summed E-state index contributed by atoms with van der Waals surface area (Å²) < 4.78 is 6.48. The number of hydrogen-bond donors (Lipinski definition) is 2. The number of nitrogens with one attached hydrogen (secondary N) is 1. The largest absolute Gasteiger partial charge is 0.494 e. The Morgan fingerprint density at radius 3 is 2.91 bits per heavy atom. The highest BCUT2D eigenvalue weighted by Gasteiger charge is 2.35. The number of benzene rings is 1. The fourth-order valence-electron chi connectivity index (χ4n) is 2.85. The molecule has 1 aliphatic carbocycles. The number of amides is 1. The lowest BCUT2D eigenvalue weighted by Gasteiger charge is -2.31. The smallest absolute Gasteiger partial charge is 0.246 e. The summed E-state index contributed by atoms with van der Waals surface area (Å²) in [4.78, 5) is 16.9. The van der Waals surface area contributed by atoms with Crippen molar-refractivity contribution in [1.82, 2.24) is 4.98 Å². The molecule has 0 bridgehead atoms. The van der Waals surface area contributed by atoms with E-state index in [2.05, 4.69) is 10.3 Å². The predicted molar refractivity (Wildman–Crippen MR) is 89.4 cm³/mol. The number of hydrogen-bond acceptors (Lipinski definition) is 5. The van der Waals surface area contributed by atoms with Gasteiger partial charge in [-0.05, 0) is 38.0 Å². The Labute approximate surface area is 133 Å². The highest BCUT2D eigenvalue weighted by Crippen LogP contribution is 2.31. The van der Waals surface area contributed by atoms with Gasteiger partial charge in [-0.25, -0.2) is 4.98 Å². The van der Waals surface area contributed by atoms with E-state index in [4.69, 9.17) is 10.5 Å². The molecule has 118 valence electrons. The second-order valence-electron chi connectivity index (χ2n) is 5.75. The molecule has 2 aromatic rings. The zero-order valence-electron chi connectivity index (χ0n) is 12.7. The number of aromatic nitrogens is 1. The van der Waals surface area contributed by atoms with E-state index >= 15 is 0 Å². The molecule has 6 heteroatoms. The van der Waals surface area contributed by atoms with E-state index in [0.717, 1.165) is 48.1 Å². The molecule has 3 N–H and O–H groups in total. The highest BCUT2D eigenvalue weighted by atomic mass is 32.1. The molecule has 0 radical (unpaired) electrons. The summed E-state index contributed by atoms with van der Waals surface area (Å²) in [5, 5.41) is 3.50. The van der Waals surface area contributed by atoms with Gasteiger partial charge >= 0.3 is 0 Å². The molecule has 1 aliphatic rings. The molecular weight excluding hydrogens is 298 g/mol. The van der Waals surface area contributed by atoms with Crippen molar-refractivity contribution in [3.05, 3.63) is 18.2 Å². The SMILES string of the molecule is CCOc1ccc2nc(NC(=O)C3(N)CCCCC3)sc2c1. The minimum atomic E-state index is -0.743. The first-order chi connectivity index (χ1) is 10.6. The van der Waals surface area contributed by atoms with Crippen LogP contribution in [0.5, 0.6) is 5.75 Å². The third-order valence-electron chi connectivity index (χ3n) is 4.09. The number of ether oxygens (including phenoxy) is 1. The van der Waals surface area contributed by atoms with Crippen LogP contribution >= 0.6 is 11.3 Å². The molecule has 1 fully saturated rings. The topological polar surface area (TPSA) is 77.2 Å². The van der Waals surface area contributed by atoms with Crippen molar-refractivity contribution in [2.24, 2.45) is 5.73 Å². The Morgan fingerprint density at radius 1 is 1.41 bits per heavy atom. The average Bonchev–Trinajstić information content (AvgIpc) is 2.90. The molecule has 1 aromatic carbocycles. The second kappa shape index (κ2) is 6.22. The molecule has 0 saturated heterocycles. The van der Waals surface area contributed by atoms with Gasteiger partial charge in [0.2, 0.25) is 5.91 Å². The summed E-state index contributed by atoms with van der Waals surface area (Å²) in [7, 11) is 0. The van der Waals surface area contributed by atoms with Crippen molar-refractivity contribution in [3.8, 4) is 5.75 Å². The Hall–Kier alpha value is -1.66. The molecule has 1 saturated carbocycles. The molecular formula is C16H21N3O2S. The number of rotatable bonds is 4. The van der Waals surface area contributed by atoms with Gasteiger partial charge in [-0.3, -0.25) is 4.79 Å². The third kappa shape index (κ3) is 3.08. The van der Waals surface area contributed by atoms with Crippen LogP contribution in [0.1, 0.15) is 39.0 Å². The lowest BCUT2D eigenvalue weighted by Crippen LogP contribution is -2.52. The molecule has 0 atom stereocenters. The van der Waals surface area contributed by atoms with Crippen molar-refractivity contribution in [1.29, 1.82) is 0 Å². The normalized spacial score (nSPS) is 17.4. The number of fused-ring (bicyclic) bond motifs is 1. The monoisotopic (exact) mass is 319 g/mol. The first kappa shape index (κ1) is 15.2. The molecule has 0 aliphatic heterocycles. The van der Waals surface area contributed by atoms with Crippen LogP contribution in [-0.2, 0) is 4.79 Å². The maximum absolute atomic E-state index is 12.4. The molecule has 1 heterocycles. The van der Waals surface area contributed by atoms with E-state index in [-0.39, 0.29) is 5.91 Å². The first-order valence-corrected chi connectivity index (χ1v) is 8.56. The Bertz CT molecular complexity index is 677. The van der Waals surface area contributed by atoms with Crippen molar-refractivity contribution < 1.29 is 9.53 Å². The van der Waals surface area contributed by atoms with Crippen LogP contribution in [0, 0.1) is 0 Å². The number of anilines is 1. The van der Waals surface area contributed by atoms with Gasteiger partial charge in [-0.15, -0.1) is 0 Å². The first-order valence-electron chi connectivity index (χ1n) is 7.74. The van der Waals surface area contributed by atoms with Crippen molar-refractivity contribution in [2.75, 3.05) is 11.9 Å². The molecule has 3 rings (SSSR count). The quantitative estimate of drug-likeness (QED) is 0.906. The van der Waals surface area contributed by atoms with Crippen molar-refractivity contribution in [3.63, 3.8) is 0 Å². The summed E-state index contributed by atoms with van der Waals surface area (Å²) in [6.45, 7) is 2.58. The zero-order chi connectivity index (χ0) is 15.6. The van der Waals surface area contributed by atoms with Gasteiger partial charge in [-0.1, -0.05) is 30.6 Å². The van der Waals surface area contributed by atoms with E-state index in [1.165, 1.54) is 11.3 Å². The summed E-state index contributed by atoms with van der Waals surface area (Å²) in [6, 6.07) is 5.75. The lowest BCUT2D eigenvalue weighted by atomic mass is 9.82. The summed E-state index contributed by atoms with van der Waals surface area (Å²) in [5.74, 6) is 0.704. The van der Waals surface area contributed by atoms with E-state index in [0.29, 0.717) is 11.7 Å². The third-order valence-corrected chi connectivity index (χ3v) is 5.02. The molecule has 1 aromatic heterocycles. The molecule has 0 unspecified atom stereocenters. The predicted octanol–water partition coefficient (Wildman–Crippen LogP) is 3.30. The fourth-order valence-corrected chi connectivity index (χ4v) is 3.74. The van der Waals surface area contributed by atoms with E-state index < -0.39 is 5.54 Å². The minimum absolute atomic E-state index is 0.115. The second-order valence-corrected chi connectivity index (χ2v) is 6.78. The van der Waals surface area contributed by atoms with Gasteiger partial charge in [0.25, 0.3) is 0 Å². The molecule has 5 nitrogen and oxygen atoms in total. The van der Waals surface area contributed by atoms with Crippen LogP contribution in [-0.4, -0.2) is 23.0 Å². The van der Waals surface area contributed by atoms with E-state index in [1.807, 2.05) is 25.1 Å². The highest BCUT2D eigenvalue weighted by molar-refractivity contribution is 7.22. The van der Waals surface area contributed by atoms with Crippen LogP contribution in [0.3, 0.4) is 0 Å². The van der Waals surface area contributed by atoms with Gasteiger partial charge in [0.1, 0.15) is 5.75 Å². The Morgan fingerprint density at radius 2 is 2.18 bits per heavy atom. The Balaban J connectivity index is 1.77. The Kier molecular flexibility index (Phi) is 4.31. The van der Waals surface area contributed by atoms with Gasteiger partial charge < -0.3 is 15.8 Å². The van der Waals surface area contributed by atoms with Crippen LogP contribution in [0.4, 0.5) is 5.13 Å². The van der Waals surface area contributed by atoms with Crippen LogP contribution < -0.4 is 15.8 Å². The fraction of sp³-hybridized carbons (Fsp3) is 0.500. The maximum Gasteiger partial charge on any atom is 0.246 e. The van der Waals surface area contributed by atoms with Gasteiger partial charge in [0.15, 0.2) is 5.13 Å². The van der Waals surface area contributed by atoms with Crippen LogP contribution in [0.2, 0.25) is 0 Å². The van der Waals surface area contributed by atoms with Crippen LogP contribution in [0.15, 0.2) is 18.2 Å². The molecule has 0 spiro atoms. The van der Waals surface area contributed by atoms with Crippen molar-refractivity contribution >= 4 is 32.6 Å². The lowest BCUT2D eigenvalue weighted by molar-refractivity contribution is -0.122. The molecule has 1 amide bonds. The van der Waals surface area contributed by atoms with Gasteiger partial charge in [0.05, 0.1) is 22.4 Å². The zero-order valence-corrected chi connectivity index (χ0v) is 13.5. The van der Waals surface area contributed by atoms with Gasteiger partial charge in [-0.2, -0.15) is 0 Å².